The lowest BCUT2D eigenvalue weighted by molar-refractivity contribution is -0.122. The van der Waals surface area contributed by atoms with Crippen LogP contribution in [0.4, 0.5) is 11.4 Å². The molecule has 1 aliphatic rings. The van der Waals surface area contributed by atoms with Gasteiger partial charge in [0.05, 0.1) is 10.8 Å². The molecule has 1 heterocycles. The quantitative estimate of drug-likeness (QED) is 0.667. The number of hydrogen-bond donors (Lipinski definition) is 1. The maximum absolute atomic E-state index is 12.7. The van der Waals surface area contributed by atoms with Gasteiger partial charge in [-0.05, 0) is 56.3 Å². The minimum atomic E-state index is -3.58. The van der Waals surface area contributed by atoms with E-state index in [1.807, 2.05) is 24.3 Å². The van der Waals surface area contributed by atoms with Crippen molar-refractivity contribution in [1.82, 2.24) is 4.31 Å². The van der Waals surface area contributed by atoms with Crippen LogP contribution in [0.15, 0.2) is 57.9 Å². The van der Waals surface area contributed by atoms with Crippen LogP contribution in [-0.2, 0) is 19.6 Å². The number of hydrogen-bond acceptors (Lipinski definition) is 4. The lowest BCUT2D eigenvalue weighted by Gasteiger charge is -2.21. The molecule has 0 spiro atoms. The molecule has 1 aliphatic heterocycles. The van der Waals surface area contributed by atoms with E-state index in [1.165, 1.54) is 23.5 Å². The molecule has 9 heteroatoms. The summed E-state index contributed by atoms with van der Waals surface area (Å²) in [7, 11) is -2.05. The molecule has 0 bridgehead atoms. The summed E-state index contributed by atoms with van der Waals surface area (Å²) in [4.78, 5) is 26.8. The number of benzene rings is 2. The molecule has 0 saturated carbocycles. The van der Waals surface area contributed by atoms with Crippen LogP contribution >= 0.6 is 15.9 Å². The molecule has 2 amide bonds. The first-order chi connectivity index (χ1) is 14.1. The zero-order chi connectivity index (χ0) is 22.1. The van der Waals surface area contributed by atoms with Gasteiger partial charge < -0.3 is 10.2 Å². The van der Waals surface area contributed by atoms with Crippen molar-refractivity contribution in [3.05, 3.63) is 53.0 Å². The first-order valence-corrected chi connectivity index (χ1v) is 11.8. The van der Waals surface area contributed by atoms with Gasteiger partial charge in [0.2, 0.25) is 21.8 Å². The van der Waals surface area contributed by atoms with E-state index in [1.54, 1.807) is 30.9 Å². The predicted octanol–water partition coefficient (Wildman–Crippen LogP) is 3.47. The maximum Gasteiger partial charge on any atom is 0.243 e. The van der Waals surface area contributed by atoms with Gasteiger partial charge >= 0.3 is 0 Å². The summed E-state index contributed by atoms with van der Waals surface area (Å²) in [5.41, 5.74) is 1.23. The van der Waals surface area contributed by atoms with Gasteiger partial charge in [0.15, 0.2) is 0 Å². The zero-order valence-corrected chi connectivity index (χ0v) is 19.4. The first kappa shape index (κ1) is 22.5. The highest BCUT2D eigenvalue weighted by Gasteiger charge is 2.35. The number of halogens is 1. The van der Waals surface area contributed by atoms with Crippen molar-refractivity contribution < 1.29 is 18.0 Å². The van der Waals surface area contributed by atoms with Gasteiger partial charge in [-0.15, -0.1) is 0 Å². The Morgan fingerprint density at radius 2 is 1.87 bits per heavy atom. The van der Waals surface area contributed by atoms with E-state index in [9.17, 15) is 18.0 Å². The number of sulfonamides is 1. The summed E-state index contributed by atoms with van der Waals surface area (Å²) < 4.78 is 27.2. The van der Waals surface area contributed by atoms with Crippen LogP contribution in [0.3, 0.4) is 0 Å². The summed E-state index contributed by atoms with van der Waals surface area (Å²) >= 11 is 3.39. The Balaban J connectivity index is 1.67. The Kier molecular flexibility index (Phi) is 6.64. The van der Waals surface area contributed by atoms with E-state index in [2.05, 4.69) is 21.2 Å². The molecule has 2 aromatic carbocycles. The van der Waals surface area contributed by atoms with Crippen molar-refractivity contribution in [2.24, 2.45) is 5.92 Å². The molecule has 1 atom stereocenters. The molecule has 1 unspecified atom stereocenters. The lowest BCUT2D eigenvalue weighted by atomic mass is 10.1. The van der Waals surface area contributed by atoms with Crippen LogP contribution < -0.4 is 10.2 Å². The number of nitrogens with zero attached hydrogens (tertiary/aromatic N) is 2. The molecule has 7 nitrogen and oxygen atoms in total. The third-order valence-electron chi connectivity index (χ3n) is 5.14. The van der Waals surface area contributed by atoms with Crippen LogP contribution in [0.25, 0.3) is 0 Å². The van der Waals surface area contributed by atoms with Crippen molar-refractivity contribution >= 4 is 49.1 Å². The average molecular weight is 494 g/mol. The zero-order valence-electron chi connectivity index (χ0n) is 17.0. The maximum atomic E-state index is 12.7. The smallest absolute Gasteiger partial charge is 0.243 e. The minimum Gasteiger partial charge on any atom is -0.326 e. The van der Waals surface area contributed by atoms with Crippen molar-refractivity contribution in [2.75, 3.05) is 23.8 Å². The Morgan fingerprint density at radius 3 is 2.47 bits per heavy atom. The van der Waals surface area contributed by atoms with Gasteiger partial charge in [-0.1, -0.05) is 22.0 Å². The third kappa shape index (κ3) is 4.74. The number of carbonyl (C=O) groups is 2. The highest BCUT2D eigenvalue weighted by atomic mass is 79.9. The third-order valence-corrected chi connectivity index (χ3v) is 7.68. The summed E-state index contributed by atoms with van der Waals surface area (Å²) in [6, 6.07) is 13.3. The minimum absolute atomic E-state index is 0.105. The first-order valence-electron chi connectivity index (χ1n) is 9.54. The van der Waals surface area contributed by atoms with Crippen molar-refractivity contribution in [2.45, 2.75) is 31.2 Å². The molecule has 2 aromatic rings. The van der Waals surface area contributed by atoms with Crippen LogP contribution in [0.5, 0.6) is 0 Å². The fourth-order valence-electron chi connectivity index (χ4n) is 3.18. The number of rotatable bonds is 6. The number of nitrogens with one attached hydrogen (secondary N) is 1. The molecular weight excluding hydrogens is 470 g/mol. The van der Waals surface area contributed by atoms with Gasteiger partial charge in [0.25, 0.3) is 0 Å². The van der Waals surface area contributed by atoms with Gasteiger partial charge in [0.1, 0.15) is 0 Å². The number of amides is 2. The Labute approximate surface area is 185 Å². The fraction of sp³-hybridized carbons (Fsp3) is 0.333. The van der Waals surface area contributed by atoms with Crippen LogP contribution in [-0.4, -0.2) is 44.2 Å². The standard InChI is InChI=1S/C21H24BrN3O4S/c1-14(2)24(3)30(28,29)19-9-7-17(8-10-19)23-21(27)15-11-20(26)25(13-15)18-6-4-5-16(22)12-18/h4-10,12,14-15H,11,13H2,1-3H3,(H,23,27). The molecule has 0 radical (unpaired) electrons. The van der Waals surface area contributed by atoms with Crippen molar-refractivity contribution in [3.8, 4) is 0 Å². The second kappa shape index (κ2) is 8.87. The number of anilines is 2. The predicted molar refractivity (Wildman–Crippen MR) is 120 cm³/mol. The number of carbonyl (C=O) groups excluding carboxylic acids is 2. The normalized spacial score (nSPS) is 17.1. The summed E-state index contributed by atoms with van der Waals surface area (Å²) in [6.07, 6.45) is 0.129. The van der Waals surface area contributed by atoms with E-state index in [0.717, 1.165) is 10.2 Å². The second-order valence-corrected chi connectivity index (χ2v) is 10.4. The molecule has 3 rings (SSSR count). The molecule has 1 fully saturated rings. The SMILES string of the molecule is CC(C)N(C)S(=O)(=O)c1ccc(NC(=O)C2CC(=O)N(c3cccc(Br)c3)C2)cc1. The van der Waals surface area contributed by atoms with E-state index in [-0.39, 0.29) is 29.2 Å². The Morgan fingerprint density at radius 1 is 1.20 bits per heavy atom. The summed E-state index contributed by atoms with van der Waals surface area (Å²) in [5.74, 6) is -0.853. The van der Waals surface area contributed by atoms with Crippen molar-refractivity contribution in [3.63, 3.8) is 0 Å². The highest BCUT2D eigenvalue weighted by Crippen LogP contribution is 2.28. The molecule has 160 valence electrons. The van der Waals surface area contributed by atoms with E-state index >= 15 is 0 Å². The summed E-state index contributed by atoms with van der Waals surface area (Å²) in [6.45, 7) is 3.89. The van der Waals surface area contributed by atoms with Crippen LogP contribution in [0.2, 0.25) is 0 Å². The van der Waals surface area contributed by atoms with E-state index in [0.29, 0.717) is 12.2 Å². The lowest BCUT2D eigenvalue weighted by Crippen LogP contribution is -2.33. The highest BCUT2D eigenvalue weighted by molar-refractivity contribution is 9.10. The molecular formula is C21H24BrN3O4S. The molecule has 1 saturated heterocycles. The monoisotopic (exact) mass is 493 g/mol. The molecule has 0 aromatic heterocycles. The largest absolute Gasteiger partial charge is 0.326 e. The summed E-state index contributed by atoms with van der Waals surface area (Å²) in [5, 5.41) is 2.78. The van der Waals surface area contributed by atoms with E-state index in [4.69, 9.17) is 0 Å². The molecule has 30 heavy (non-hydrogen) atoms. The average Bonchev–Trinajstić information content (AvgIpc) is 3.09. The Hall–Kier alpha value is -2.23. The van der Waals surface area contributed by atoms with Crippen LogP contribution in [0.1, 0.15) is 20.3 Å². The van der Waals surface area contributed by atoms with Gasteiger partial charge in [-0.25, -0.2) is 8.42 Å². The van der Waals surface area contributed by atoms with E-state index < -0.39 is 15.9 Å². The van der Waals surface area contributed by atoms with Crippen molar-refractivity contribution in [1.29, 1.82) is 0 Å². The topological polar surface area (TPSA) is 86.8 Å². The van der Waals surface area contributed by atoms with Gasteiger partial charge in [-0.2, -0.15) is 4.31 Å². The Bertz CT molecular complexity index is 1050. The van der Waals surface area contributed by atoms with Gasteiger partial charge in [-0.3, -0.25) is 9.59 Å². The van der Waals surface area contributed by atoms with Crippen LogP contribution in [0, 0.1) is 5.92 Å². The molecule has 0 aliphatic carbocycles. The fourth-order valence-corrected chi connectivity index (χ4v) is 4.93. The second-order valence-electron chi connectivity index (χ2n) is 7.51. The molecule has 1 N–H and O–H groups in total. The van der Waals surface area contributed by atoms with Gasteiger partial charge in [0, 0.05) is 41.9 Å².